The van der Waals surface area contributed by atoms with Crippen LogP contribution in [0.25, 0.3) is 21.1 Å². The third-order valence-electron chi connectivity index (χ3n) is 3.93. The Morgan fingerprint density at radius 2 is 1.65 bits per heavy atom. The van der Waals surface area contributed by atoms with Crippen molar-refractivity contribution in [1.82, 2.24) is 10.2 Å². The van der Waals surface area contributed by atoms with Crippen LogP contribution in [0.2, 0.25) is 0 Å². The summed E-state index contributed by atoms with van der Waals surface area (Å²) in [7, 11) is 0. The SMILES string of the molecule is Cc1cc(C)c(-c2nnc(-c3ccccc3NC(=O)C(Cl)Cl)s2)c(C)c1. The molecule has 26 heavy (non-hydrogen) atoms. The first kappa shape index (κ1) is 18.8. The van der Waals surface area contributed by atoms with Crippen molar-refractivity contribution in [1.29, 1.82) is 0 Å². The molecule has 0 aliphatic rings. The van der Waals surface area contributed by atoms with Gasteiger partial charge in [0.25, 0.3) is 5.91 Å². The van der Waals surface area contributed by atoms with Crippen molar-refractivity contribution in [3.05, 3.63) is 53.1 Å². The van der Waals surface area contributed by atoms with E-state index < -0.39 is 10.7 Å². The van der Waals surface area contributed by atoms with Gasteiger partial charge in [-0.2, -0.15) is 0 Å². The summed E-state index contributed by atoms with van der Waals surface area (Å²) in [5.41, 5.74) is 6.03. The topological polar surface area (TPSA) is 54.9 Å². The first-order valence-corrected chi connectivity index (χ1v) is 9.66. The molecule has 1 aromatic heterocycles. The van der Waals surface area contributed by atoms with E-state index in [0.717, 1.165) is 21.1 Å². The van der Waals surface area contributed by atoms with Crippen LogP contribution in [0.1, 0.15) is 16.7 Å². The highest BCUT2D eigenvalue weighted by Gasteiger charge is 2.18. The van der Waals surface area contributed by atoms with E-state index in [-0.39, 0.29) is 0 Å². The van der Waals surface area contributed by atoms with E-state index in [9.17, 15) is 4.79 Å². The monoisotopic (exact) mass is 405 g/mol. The maximum absolute atomic E-state index is 11.8. The number of halogens is 2. The molecule has 0 bridgehead atoms. The van der Waals surface area contributed by atoms with Gasteiger partial charge in [-0.1, -0.05) is 64.4 Å². The van der Waals surface area contributed by atoms with Crippen LogP contribution in [0.4, 0.5) is 5.69 Å². The molecule has 0 saturated heterocycles. The zero-order valence-electron chi connectivity index (χ0n) is 14.5. The zero-order valence-corrected chi connectivity index (χ0v) is 16.8. The first-order valence-electron chi connectivity index (χ1n) is 7.97. The average Bonchev–Trinajstić information content (AvgIpc) is 3.03. The quantitative estimate of drug-likeness (QED) is 0.579. The van der Waals surface area contributed by atoms with Crippen LogP contribution < -0.4 is 5.32 Å². The number of rotatable bonds is 4. The average molecular weight is 406 g/mol. The Hall–Kier alpha value is -1.95. The number of anilines is 1. The summed E-state index contributed by atoms with van der Waals surface area (Å²) in [6, 6.07) is 11.6. The maximum atomic E-state index is 11.8. The van der Waals surface area contributed by atoms with Crippen molar-refractivity contribution in [2.75, 3.05) is 5.32 Å². The van der Waals surface area contributed by atoms with Crippen molar-refractivity contribution in [3.8, 4) is 21.1 Å². The molecule has 2 aromatic carbocycles. The lowest BCUT2D eigenvalue weighted by Gasteiger charge is -2.09. The van der Waals surface area contributed by atoms with Crippen LogP contribution in [-0.2, 0) is 4.79 Å². The van der Waals surface area contributed by atoms with Gasteiger partial charge in [-0.25, -0.2) is 0 Å². The minimum absolute atomic E-state index is 0.476. The number of aromatic nitrogens is 2. The fourth-order valence-corrected chi connectivity index (χ4v) is 4.08. The molecule has 0 saturated carbocycles. The number of hydrogen-bond donors (Lipinski definition) is 1. The van der Waals surface area contributed by atoms with Crippen LogP contribution >= 0.6 is 34.5 Å². The summed E-state index contributed by atoms with van der Waals surface area (Å²) in [5, 5.41) is 13.0. The number of amides is 1. The largest absolute Gasteiger partial charge is 0.323 e. The maximum Gasteiger partial charge on any atom is 0.257 e. The van der Waals surface area contributed by atoms with Crippen molar-refractivity contribution >= 4 is 46.1 Å². The molecule has 0 spiro atoms. The molecule has 3 rings (SSSR count). The van der Waals surface area contributed by atoms with E-state index in [1.807, 2.05) is 18.2 Å². The predicted molar refractivity (Wildman–Crippen MR) is 109 cm³/mol. The number of aryl methyl sites for hydroxylation is 3. The molecular weight excluding hydrogens is 389 g/mol. The minimum Gasteiger partial charge on any atom is -0.323 e. The number of alkyl halides is 2. The predicted octanol–water partition coefficient (Wildman–Crippen LogP) is 5.54. The Morgan fingerprint density at radius 3 is 2.31 bits per heavy atom. The van der Waals surface area contributed by atoms with Gasteiger partial charge in [-0.3, -0.25) is 4.79 Å². The Bertz CT molecular complexity index is 946. The van der Waals surface area contributed by atoms with Crippen molar-refractivity contribution in [2.24, 2.45) is 0 Å². The van der Waals surface area contributed by atoms with Crippen LogP contribution in [0.15, 0.2) is 36.4 Å². The normalized spacial score (nSPS) is 11.0. The van der Waals surface area contributed by atoms with E-state index in [2.05, 4.69) is 48.4 Å². The van der Waals surface area contributed by atoms with Gasteiger partial charge in [-0.15, -0.1) is 10.2 Å². The lowest BCUT2D eigenvalue weighted by atomic mass is 10.0. The molecule has 0 fully saturated rings. The molecule has 1 heterocycles. The van der Waals surface area contributed by atoms with Crippen LogP contribution in [0.5, 0.6) is 0 Å². The summed E-state index contributed by atoms with van der Waals surface area (Å²) in [4.78, 5) is 10.7. The Labute approximate surface area is 166 Å². The molecule has 1 N–H and O–H groups in total. The molecule has 0 atom stereocenters. The lowest BCUT2D eigenvalue weighted by molar-refractivity contribution is -0.114. The standard InChI is InChI=1S/C19H17Cl2N3OS/c1-10-8-11(2)15(12(3)9-10)19-24-23-18(26-19)13-6-4-5-7-14(13)22-17(25)16(20)21/h4-9,16H,1-3H3,(H,22,25). The number of nitrogens with one attached hydrogen (secondary N) is 1. The molecule has 0 unspecified atom stereocenters. The molecule has 7 heteroatoms. The fourth-order valence-electron chi connectivity index (χ4n) is 2.92. The highest BCUT2D eigenvalue weighted by atomic mass is 35.5. The summed E-state index contributed by atoms with van der Waals surface area (Å²) >= 11 is 12.8. The first-order chi connectivity index (χ1) is 12.4. The number of nitrogens with zero attached hydrogens (tertiary/aromatic N) is 2. The van der Waals surface area contributed by atoms with Crippen molar-refractivity contribution in [3.63, 3.8) is 0 Å². The number of para-hydroxylation sites is 1. The summed E-state index contributed by atoms with van der Waals surface area (Å²) in [6.45, 7) is 6.23. The molecule has 0 aliphatic carbocycles. The van der Waals surface area contributed by atoms with E-state index in [1.54, 1.807) is 6.07 Å². The van der Waals surface area contributed by atoms with Crippen LogP contribution in [0.3, 0.4) is 0 Å². The summed E-state index contributed by atoms with van der Waals surface area (Å²) in [6.07, 6.45) is 0. The van der Waals surface area contributed by atoms with Crippen LogP contribution in [0, 0.1) is 20.8 Å². The van der Waals surface area contributed by atoms with Crippen molar-refractivity contribution in [2.45, 2.75) is 25.6 Å². The molecular formula is C19H17Cl2N3OS. The van der Waals surface area contributed by atoms with Gasteiger partial charge in [-0.05, 0) is 44.0 Å². The number of carbonyl (C=O) groups excluding carboxylic acids is 1. The van der Waals surface area contributed by atoms with Gasteiger partial charge in [0.2, 0.25) is 0 Å². The number of carbonyl (C=O) groups is 1. The minimum atomic E-state index is -1.13. The third kappa shape index (κ3) is 3.90. The van der Waals surface area contributed by atoms with Gasteiger partial charge in [0, 0.05) is 11.1 Å². The van der Waals surface area contributed by atoms with Gasteiger partial charge >= 0.3 is 0 Å². The summed E-state index contributed by atoms with van der Waals surface area (Å²) < 4.78 is 0. The van der Waals surface area contributed by atoms with Gasteiger partial charge in [0.05, 0.1) is 5.69 Å². The summed E-state index contributed by atoms with van der Waals surface area (Å²) in [5.74, 6) is -0.476. The van der Waals surface area contributed by atoms with Gasteiger partial charge < -0.3 is 5.32 Å². The zero-order chi connectivity index (χ0) is 18.8. The smallest absolute Gasteiger partial charge is 0.257 e. The van der Waals surface area contributed by atoms with Gasteiger partial charge in [0.1, 0.15) is 10.0 Å². The molecule has 0 aliphatic heterocycles. The third-order valence-corrected chi connectivity index (χ3v) is 5.30. The van der Waals surface area contributed by atoms with Gasteiger partial charge in [0.15, 0.2) is 4.84 Å². The van der Waals surface area contributed by atoms with Crippen molar-refractivity contribution < 1.29 is 4.79 Å². The lowest BCUT2D eigenvalue weighted by Crippen LogP contribution is -2.18. The van der Waals surface area contributed by atoms with E-state index in [4.69, 9.17) is 23.2 Å². The second kappa shape index (κ2) is 7.74. The Kier molecular flexibility index (Phi) is 5.61. The van der Waals surface area contributed by atoms with E-state index in [0.29, 0.717) is 5.69 Å². The Morgan fingerprint density at radius 1 is 1.04 bits per heavy atom. The van der Waals surface area contributed by atoms with E-state index >= 15 is 0 Å². The second-order valence-corrected chi connectivity index (χ2v) is 8.10. The van der Waals surface area contributed by atoms with Crippen LogP contribution in [-0.4, -0.2) is 20.9 Å². The number of benzene rings is 2. The molecule has 4 nitrogen and oxygen atoms in total. The molecule has 0 radical (unpaired) electrons. The second-order valence-electron chi connectivity index (χ2n) is 6.02. The Balaban J connectivity index is 2.01. The number of hydrogen-bond acceptors (Lipinski definition) is 4. The molecule has 3 aromatic rings. The van der Waals surface area contributed by atoms with E-state index in [1.165, 1.54) is 28.0 Å². The molecule has 134 valence electrons. The fraction of sp³-hybridized carbons (Fsp3) is 0.211. The highest BCUT2D eigenvalue weighted by Crippen LogP contribution is 2.36. The molecule has 1 amide bonds. The highest BCUT2D eigenvalue weighted by molar-refractivity contribution is 7.18.